The fourth-order valence-corrected chi connectivity index (χ4v) is 2.87. The van der Waals surface area contributed by atoms with E-state index in [0.29, 0.717) is 11.3 Å². The molecule has 0 fully saturated rings. The Kier molecular flexibility index (Phi) is 4.84. The Morgan fingerprint density at radius 1 is 1.45 bits per heavy atom. The van der Waals surface area contributed by atoms with Crippen LogP contribution >= 0.6 is 22.9 Å². The maximum atomic E-state index is 13.1. The third-order valence-electron chi connectivity index (χ3n) is 2.96. The van der Waals surface area contributed by atoms with E-state index in [0.717, 1.165) is 17.6 Å². The summed E-state index contributed by atoms with van der Waals surface area (Å²) >= 11 is 6.85. The van der Waals surface area contributed by atoms with Crippen LogP contribution in [-0.2, 0) is 14.6 Å². The minimum atomic E-state index is -3.47. The summed E-state index contributed by atoms with van der Waals surface area (Å²) in [4.78, 5) is 16.0. The van der Waals surface area contributed by atoms with Gasteiger partial charge in [-0.15, -0.1) is 11.3 Å². The molecule has 2 rings (SSSR count). The van der Waals surface area contributed by atoms with Gasteiger partial charge in [0.2, 0.25) is 5.91 Å². The molecule has 0 saturated carbocycles. The van der Waals surface area contributed by atoms with E-state index in [1.54, 1.807) is 5.38 Å². The first-order valence-corrected chi connectivity index (χ1v) is 9.30. The molecule has 1 heterocycles. The van der Waals surface area contributed by atoms with Gasteiger partial charge in [0, 0.05) is 17.2 Å². The number of nitrogens with zero attached hydrogens (tertiary/aromatic N) is 1. The highest BCUT2D eigenvalue weighted by molar-refractivity contribution is 7.92. The van der Waals surface area contributed by atoms with Crippen LogP contribution in [0.4, 0.5) is 9.52 Å². The summed E-state index contributed by atoms with van der Waals surface area (Å²) in [6, 6.07) is 4.17. The van der Waals surface area contributed by atoms with Gasteiger partial charge in [-0.2, -0.15) is 0 Å². The largest absolute Gasteiger partial charge is 0.301 e. The molecule has 0 saturated heterocycles. The highest BCUT2D eigenvalue weighted by Crippen LogP contribution is 2.28. The smallest absolute Gasteiger partial charge is 0.244 e. The Morgan fingerprint density at radius 2 is 2.14 bits per heavy atom. The number of aromatic nitrogens is 1. The van der Waals surface area contributed by atoms with Gasteiger partial charge < -0.3 is 5.32 Å². The number of rotatable bonds is 4. The maximum absolute atomic E-state index is 13.1. The second kappa shape index (κ2) is 6.31. The first-order valence-electron chi connectivity index (χ1n) is 6.09. The number of amides is 1. The van der Waals surface area contributed by atoms with Crippen molar-refractivity contribution >= 4 is 43.8 Å². The molecule has 1 amide bonds. The third kappa shape index (κ3) is 3.82. The lowest BCUT2D eigenvalue weighted by atomic mass is 10.2. The molecule has 0 aliphatic heterocycles. The van der Waals surface area contributed by atoms with Crippen LogP contribution in [0.5, 0.6) is 0 Å². The molecule has 0 spiro atoms. The molecule has 0 radical (unpaired) electrons. The van der Waals surface area contributed by atoms with Crippen LogP contribution < -0.4 is 5.32 Å². The summed E-state index contributed by atoms with van der Waals surface area (Å²) in [5, 5.41) is 3.17. The van der Waals surface area contributed by atoms with E-state index in [1.807, 2.05) is 0 Å². The number of carbonyl (C=O) groups excluding carboxylic acids is 1. The predicted octanol–water partition coefficient (Wildman–Crippen LogP) is 2.97. The molecule has 1 aromatic carbocycles. The van der Waals surface area contributed by atoms with Gasteiger partial charge >= 0.3 is 0 Å². The number of benzene rings is 1. The van der Waals surface area contributed by atoms with Crippen LogP contribution in [0.1, 0.15) is 6.92 Å². The molecule has 1 aromatic heterocycles. The van der Waals surface area contributed by atoms with E-state index >= 15 is 0 Å². The molecule has 22 heavy (non-hydrogen) atoms. The molecule has 118 valence electrons. The Morgan fingerprint density at radius 3 is 2.73 bits per heavy atom. The van der Waals surface area contributed by atoms with Gasteiger partial charge in [-0.3, -0.25) is 4.79 Å². The van der Waals surface area contributed by atoms with Crippen molar-refractivity contribution in [2.45, 2.75) is 12.2 Å². The zero-order valence-corrected chi connectivity index (χ0v) is 14.0. The summed E-state index contributed by atoms with van der Waals surface area (Å²) in [5.41, 5.74) is 1.11. The molecule has 0 bridgehead atoms. The van der Waals surface area contributed by atoms with Crippen molar-refractivity contribution in [2.24, 2.45) is 0 Å². The van der Waals surface area contributed by atoms with Crippen LogP contribution in [-0.4, -0.2) is 30.8 Å². The van der Waals surface area contributed by atoms with Crippen LogP contribution in [0, 0.1) is 5.82 Å². The van der Waals surface area contributed by atoms with Crippen LogP contribution in [0.25, 0.3) is 11.3 Å². The number of nitrogens with one attached hydrogen (secondary N) is 1. The van der Waals surface area contributed by atoms with Crippen LogP contribution in [0.2, 0.25) is 5.02 Å². The molecule has 0 aliphatic carbocycles. The lowest BCUT2D eigenvalue weighted by molar-refractivity contribution is -0.115. The van der Waals surface area contributed by atoms with Crippen molar-refractivity contribution in [2.75, 3.05) is 11.6 Å². The fourth-order valence-electron chi connectivity index (χ4n) is 1.52. The molecule has 0 unspecified atom stereocenters. The van der Waals surface area contributed by atoms with E-state index < -0.39 is 26.8 Å². The summed E-state index contributed by atoms with van der Waals surface area (Å²) < 4.78 is 35.8. The Hall–Kier alpha value is -1.51. The highest BCUT2D eigenvalue weighted by Gasteiger charge is 2.24. The second-order valence-electron chi connectivity index (χ2n) is 4.63. The van der Waals surface area contributed by atoms with Gasteiger partial charge in [-0.05, 0) is 25.1 Å². The number of hydrogen-bond donors (Lipinski definition) is 1. The van der Waals surface area contributed by atoms with Crippen molar-refractivity contribution in [3.05, 3.63) is 34.4 Å². The quantitative estimate of drug-likeness (QED) is 0.907. The zero-order chi connectivity index (χ0) is 16.5. The van der Waals surface area contributed by atoms with Crippen LogP contribution in [0.15, 0.2) is 23.6 Å². The third-order valence-corrected chi connectivity index (χ3v) is 5.51. The van der Waals surface area contributed by atoms with Crippen molar-refractivity contribution in [1.29, 1.82) is 0 Å². The zero-order valence-electron chi connectivity index (χ0n) is 11.6. The summed E-state index contributed by atoms with van der Waals surface area (Å²) in [7, 11) is -3.47. The highest BCUT2D eigenvalue weighted by atomic mass is 35.5. The lowest BCUT2D eigenvalue weighted by Crippen LogP contribution is -2.31. The standard InChI is InChI=1S/C13H12ClFN2O3S2/c1-7(22(2,19)20)12(18)17-13-16-11(6-21-13)8-3-4-10(15)9(14)5-8/h3-7H,1-2H3,(H,16,17,18)/t7-/m0/s1. The summed E-state index contributed by atoms with van der Waals surface area (Å²) in [6.07, 6.45) is 0.991. The summed E-state index contributed by atoms with van der Waals surface area (Å²) in [6.45, 7) is 1.30. The number of anilines is 1. The Labute approximate surface area is 136 Å². The van der Waals surface area contributed by atoms with Gasteiger partial charge in [-0.25, -0.2) is 17.8 Å². The minimum Gasteiger partial charge on any atom is -0.301 e. The lowest BCUT2D eigenvalue weighted by Gasteiger charge is -2.07. The first-order chi connectivity index (χ1) is 10.2. The topological polar surface area (TPSA) is 76.1 Å². The van der Waals surface area contributed by atoms with Gasteiger partial charge in [-0.1, -0.05) is 11.6 Å². The predicted molar refractivity (Wildman–Crippen MR) is 85.5 cm³/mol. The van der Waals surface area contributed by atoms with E-state index in [-0.39, 0.29) is 10.2 Å². The van der Waals surface area contributed by atoms with E-state index in [4.69, 9.17) is 11.6 Å². The van der Waals surface area contributed by atoms with Gasteiger partial charge in [0.25, 0.3) is 0 Å². The first kappa shape index (κ1) is 16.9. The van der Waals surface area contributed by atoms with Gasteiger partial charge in [0.05, 0.1) is 10.7 Å². The molecule has 2 aromatic rings. The van der Waals surface area contributed by atoms with Gasteiger partial charge in [0.15, 0.2) is 15.0 Å². The van der Waals surface area contributed by atoms with Crippen molar-refractivity contribution in [1.82, 2.24) is 4.98 Å². The van der Waals surface area contributed by atoms with E-state index in [1.165, 1.54) is 25.1 Å². The molecule has 1 atom stereocenters. The molecule has 5 nitrogen and oxygen atoms in total. The average Bonchev–Trinajstić information content (AvgIpc) is 2.88. The van der Waals surface area contributed by atoms with Crippen molar-refractivity contribution in [3.8, 4) is 11.3 Å². The number of sulfone groups is 1. The number of carbonyl (C=O) groups is 1. The molecular weight excluding hydrogens is 351 g/mol. The molecular formula is C13H12ClFN2O3S2. The number of thiazole rings is 1. The monoisotopic (exact) mass is 362 g/mol. The van der Waals surface area contributed by atoms with Crippen molar-refractivity contribution < 1.29 is 17.6 Å². The number of hydrogen-bond acceptors (Lipinski definition) is 5. The normalized spacial score (nSPS) is 12.9. The number of halogens is 2. The minimum absolute atomic E-state index is 0.0261. The van der Waals surface area contributed by atoms with Crippen LogP contribution in [0.3, 0.4) is 0 Å². The molecule has 1 N–H and O–H groups in total. The summed E-state index contributed by atoms with van der Waals surface area (Å²) in [5.74, 6) is -1.18. The molecule has 0 aliphatic rings. The SMILES string of the molecule is C[C@@H](C(=O)Nc1nc(-c2ccc(F)c(Cl)c2)cs1)S(C)(=O)=O. The fraction of sp³-hybridized carbons (Fsp3) is 0.231. The second-order valence-corrected chi connectivity index (χ2v) is 8.26. The van der Waals surface area contributed by atoms with Crippen molar-refractivity contribution in [3.63, 3.8) is 0 Å². The average molecular weight is 363 g/mol. The molecule has 9 heteroatoms. The van der Waals surface area contributed by atoms with E-state index in [2.05, 4.69) is 10.3 Å². The Balaban J connectivity index is 2.18. The van der Waals surface area contributed by atoms with E-state index in [9.17, 15) is 17.6 Å². The Bertz CT molecular complexity index is 820. The van der Waals surface area contributed by atoms with Gasteiger partial charge in [0.1, 0.15) is 11.1 Å². The maximum Gasteiger partial charge on any atom is 0.244 e.